The molecule has 0 bridgehead atoms. The van der Waals surface area contributed by atoms with Crippen LogP contribution >= 0.6 is 36.0 Å². The van der Waals surface area contributed by atoms with Crippen molar-refractivity contribution >= 4 is 36.0 Å². The zero-order valence-electron chi connectivity index (χ0n) is 9.16. The van der Waals surface area contributed by atoms with Crippen molar-refractivity contribution < 1.29 is 0 Å². The van der Waals surface area contributed by atoms with Crippen LogP contribution in [0.15, 0.2) is 24.3 Å². The third kappa shape index (κ3) is 4.71. The van der Waals surface area contributed by atoms with E-state index in [1.54, 1.807) is 0 Å². The van der Waals surface area contributed by atoms with Crippen LogP contribution in [0, 0.1) is 5.41 Å². The molecule has 0 aromatic heterocycles. The molecule has 0 saturated heterocycles. The Hall–Kier alpha value is 0.210. The van der Waals surface area contributed by atoms with E-state index in [0.29, 0.717) is 5.41 Å². The second kappa shape index (κ2) is 6.07. The molecule has 0 spiro atoms. The first-order valence-corrected chi connectivity index (χ1v) is 7.14. The quantitative estimate of drug-likeness (QED) is 0.759. The van der Waals surface area contributed by atoms with Gasteiger partial charge in [0.05, 0.1) is 0 Å². The summed E-state index contributed by atoms with van der Waals surface area (Å²) in [5, 5.41) is 0.869. The minimum Gasteiger partial charge on any atom is -0.179 e. The van der Waals surface area contributed by atoms with E-state index in [4.69, 9.17) is 11.6 Å². The maximum absolute atomic E-state index is 6.08. The molecule has 3 heteroatoms. The Morgan fingerprint density at radius 2 is 2.00 bits per heavy atom. The number of hydrogen-bond acceptors (Lipinski definition) is 2. The fourth-order valence-electron chi connectivity index (χ4n) is 1.10. The molecule has 84 valence electrons. The van der Waals surface area contributed by atoms with Gasteiger partial charge in [-0.25, -0.2) is 0 Å². The first-order valence-electron chi connectivity index (χ1n) is 4.97. The van der Waals surface area contributed by atoms with Gasteiger partial charge in [-0.3, -0.25) is 0 Å². The minimum atomic E-state index is 0.301. The molecule has 0 aliphatic carbocycles. The second-order valence-corrected chi connectivity index (χ2v) is 6.12. The van der Waals surface area contributed by atoms with E-state index >= 15 is 0 Å². The second-order valence-electron chi connectivity index (χ2n) is 4.41. The summed E-state index contributed by atoms with van der Waals surface area (Å²) in [4.78, 5) is 0. The molecule has 15 heavy (non-hydrogen) atoms. The third-order valence-electron chi connectivity index (χ3n) is 2.14. The lowest BCUT2D eigenvalue weighted by atomic mass is 10.0. The highest BCUT2D eigenvalue weighted by Crippen LogP contribution is 2.27. The lowest BCUT2D eigenvalue weighted by Gasteiger charge is -2.21. The summed E-state index contributed by atoms with van der Waals surface area (Å²) in [6, 6.07) is 8.03. The van der Waals surface area contributed by atoms with Crippen LogP contribution in [0.4, 0.5) is 0 Å². The van der Waals surface area contributed by atoms with Gasteiger partial charge in [-0.2, -0.15) is 24.4 Å². The molecule has 0 aliphatic rings. The molecule has 0 atom stereocenters. The molecular weight excluding hydrogens is 244 g/mol. The first-order chi connectivity index (χ1) is 7.05. The lowest BCUT2D eigenvalue weighted by Crippen LogP contribution is -2.16. The Labute approximate surface area is 107 Å². The van der Waals surface area contributed by atoms with Crippen LogP contribution in [-0.2, 0) is 5.75 Å². The summed E-state index contributed by atoms with van der Waals surface area (Å²) >= 11 is 12.3. The highest BCUT2D eigenvalue weighted by molar-refractivity contribution is 7.98. The number of rotatable bonds is 5. The van der Waals surface area contributed by atoms with E-state index in [9.17, 15) is 0 Å². The van der Waals surface area contributed by atoms with Crippen molar-refractivity contribution in [1.29, 1.82) is 0 Å². The van der Waals surface area contributed by atoms with Gasteiger partial charge in [-0.1, -0.05) is 43.6 Å². The predicted octanol–water partition coefficient (Wildman–Crippen LogP) is 4.53. The zero-order chi connectivity index (χ0) is 11.3. The van der Waals surface area contributed by atoms with Crippen molar-refractivity contribution in [3.8, 4) is 0 Å². The number of hydrogen-bond donors (Lipinski definition) is 1. The highest BCUT2D eigenvalue weighted by atomic mass is 35.5. The van der Waals surface area contributed by atoms with Crippen molar-refractivity contribution in [2.24, 2.45) is 5.41 Å². The fraction of sp³-hybridized carbons (Fsp3) is 0.500. The Morgan fingerprint density at radius 3 is 2.60 bits per heavy atom. The first kappa shape index (κ1) is 13.3. The minimum absolute atomic E-state index is 0.301. The van der Waals surface area contributed by atoms with E-state index < -0.39 is 0 Å². The van der Waals surface area contributed by atoms with Gasteiger partial charge in [0.15, 0.2) is 0 Å². The number of thiol groups is 1. The van der Waals surface area contributed by atoms with Crippen molar-refractivity contribution in [1.82, 2.24) is 0 Å². The van der Waals surface area contributed by atoms with E-state index in [1.165, 1.54) is 5.56 Å². The van der Waals surface area contributed by atoms with Gasteiger partial charge in [0, 0.05) is 10.8 Å². The fourth-order valence-corrected chi connectivity index (χ4v) is 2.87. The monoisotopic (exact) mass is 260 g/mol. The molecule has 0 unspecified atom stereocenters. The van der Waals surface area contributed by atoms with Gasteiger partial charge >= 0.3 is 0 Å². The van der Waals surface area contributed by atoms with E-state index in [1.807, 2.05) is 30.0 Å². The van der Waals surface area contributed by atoms with Crippen LogP contribution in [0.25, 0.3) is 0 Å². The Morgan fingerprint density at radius 1 is 1.33 bits per heavy atom. The van der Waals surface area contributed by atoms with E-state index in [-0.39, 0.29) is 0 Å². The molecule has 0 aliphatic heterocycles. The highest BCUT2D eigenvalue weighted by Gasteiger charge is 2.15. The maximum atomic E-state index is 6.08. The van der Waals surface area contributed by atoms with Crippen molar-refractivity contribution in [3.05, 3.63) is 34.9 Å². The van der Waals surface area contributed by atoms with Crippen LogP contribution in [-0.4, -0.2) is 11.5 Å². The van der Waals surface area contributed by atoms with Crippen molar-refractivity contribution in [2.45, 2.75) is 19.6 Å². The summed E-state index contributed by atoms with van der Waals surface area (Å²) in [7, 11) is 0. The van der Waals surface area contributed by atoms with Crippen LogP contribution < -0.4 is 0 Å². The molecule has 1 aromatic rings. The standard InChI is InChI=1S/C12H17ClS2/c1-12(2,8-14)9-15-7-10-5-3-4-6-11(10)13/h3-6,14H,7-9H2,1-2H3. The maximum Gasteiger partial charge on any atom is 0.0446 e. The molecular formula is C12H17ClS2. The van der Waals surface area contributed by atoms with Gasteiger partial charge in [0.1, 0.15) is 0 Å². The SMILES string of the molecule is CC(C)(CS)CSCc1ccccc1Cl. The Kier molecular flexibility index (Phi) is 5.37. The molecule has 0 saturated carbocycles. The van der Waals surface area contributed by atoms with Gasteiger partial charge < -0.3 is 0 Å². The summed E-state index contributed by atoms with van der Waals surface area (Å²) < 4.78 is 0. The Bertz CT molecular complexity index is 310. The summed E-state index contributed by atoms with van der Waals surface area (Å²) in [5.74, 6) is 3.02. The largest absolute Gasteiger partial charge is 0.179 e. The normalized spacial score (nSPS) is 11.7. The number of benzene rings is 1. The topological polar surface area (TPSA) is 0 Å². The van der Waals surface area contributed by atoms with Gasteiger partial charge in [-0.05, 0) is 28.6 Å². The molecule has 0 N–H and O–H groups in total. The average Bonchev–Trinajstić information content (AvgIpc) is 2.21. The summed E-state index contributed by atoms with van der Waals surface area (Å²) in [6.07, 6.45) is 0. The zero-order valence-corrected chi connectivity index (χ0v) is 11.6. The van der Waals surface area contributed by atoms with Gasteiger partial charge in [0.2, 0.25) is 0 Å². The van der Waals surface area contributed by atoms with Crippen LogP contribution in [0.1, 0.15) is 19.4 Å². The number of thioether (sulfide) groups is 1. The molecule has 0 nitrogen and oxygen atoms in total. The lowest BCUT2D eigenvalue weighted by molar-refractivity contribution is 0.493. The predicted molar refractivity (Wildman–Crippen MR) is 75.2 cm³/mol. The summed E-state index contributed by atoms with van der Waals surface area (Å²) in [6.45, 7) is 4.47. The van der Waals surface area contributed by atoms with Gasteiger partial charge in [0.25, 0.3) is 0 Å². The molecule has 0 heterocycles. The molecule has 1 aromatic carbocycles. The van der Waals surface area contributed by atoms with Crippen LogP contribution in [0.5, 0.6) is 0 Å². The summed E-state index contributed by atoms with van der Waals surface area (Å²) in [5.41, 5.74) is 1.52. The van der Waals surface area contributed by atoms with Crippen molar-refractivity contribution in [2.75, 3.05) is 11.5 Å². The van der Waals surface area contributed by atoms with E-state index in [0.717, 1.165) is 22.3 Å². The molecule has 0 radical (unpaired) electrons. The average molecular weight is 261 g/mol. The molecule has 0 amide bonds. The van der Waals surface area contributed by atoms with Gasteiger partial charge in [-0.15, -0.1) is 0 Å². The van der Waals surface area contributed by atoms with E-state index in [2.05, 4.69) is 32.5 Å². The van der Waals surface area contributed by atoms with Crippen LogP contribution in [0.3, 0.4) is 0 Å². The van der Waals surface area contributed by atoms with Crippen molar-refractivity contribution in [3.63, 3.8) is 0 Å². The molecule has 0 fully saturated rings. The number of halogens is 1. The third-order valence-corrected chi connectivity index (χ3v) is 4.86. The molecule has 1 rings (SSSR count). The smallest absolute Gasteiger partial charge is 0.0446 e. The van der Waals surface area contributed by atoms with Crippen LogP contribution in [0.2, 0.25) is 5.02 Å². The Balaban J connectivity index is 2.42.